The molecule has 4 heteroatoms. The molecule has 0 aliphatic carbocycles. The van der Waals surface area contributed by atoms with Crippen LogP contribution < -0.4 is 0 Å². The summed E-state index contributed by atoms with van der Waals surface area (Å²) >= 11 is 0. The van der Waals surface area contributed by atoms with Gasteiger partial charge in [0.15, 0.2) is 0 Å². The van der Waals surface area contributed by atoms with Crippen LogP contribution in [-0.2, 0) is 22.7 Å². The van der Waals surface area contributed by atoms with Crippen molar-refractivity contribution in [2.45, 2.75) is 13.2 Å². The van der Waals surface area contributed by atoms with Gasteiger partial charge in [0.25, 0.3) is 12.5 Å². The Balaban J connectivity index is 2.71. The molecule has 0 heterocycles. The standard InChI is InChI=1S/C10H8N2O2/c11-7-13-5-9-3-1-2-4-10(9)6-14-8-12/h1-4H,5-6H2. The number of hydrogen-bond acceptors (Lipinski definition) is 4. The SMILES string of the molecule is N#COCc1ccccc1COC#N. The summed E-state index contributed by atoms with van der Waals surface area (Å²) in [5.74, 6) is 0. The predicted molar refractivity (Wildman–Crippen MR) is 47.2 cm³/mol. The second kappa shape index (κ2) is 5.45. The van der Waals surface area contributed by atoms with Crippen molar-refractivity contribution in [2.75, 3.05) is 0 Å². The Morgan fingerprint density at radius 3 is 1.71 bits per heavy atom. The molecule has 4 nitrogen and oxygen atoms in total. The zero-order chi connectivity index (χ0) is 10.2. The van der Waals surface area contributed by atoms with Crippen LogP contribution >= 0.6 is 0 Å². The Kier molecular flexibility index (Phi) is 3.85. The predicted octanol–water partition coefficient (Wildman–Crippen LogP) is 1.68. The van der Waals surface area contributed by atoms with Gasteiger partial charge in [0, 0.05) is 0 Å². The molecule has 1 rings (SSSR count). The Hall–Kier alpha value is -2.20. The lowest BCUT2D eigenvalue weighted by atomic mass is 10.1. The van der Waals surface area contributed by atoms with E-state index >= 15 is 0 Å². The molecule has 0 bridgehead atoms. The fraction of sp³-hybridized carbons (Fsp3) is 0.200. The zero-order valence-corrected chi connectivity index (χ0v) is 7.43. The first kappa shape index (κ1) is 9.88. The number of ether oxygens (including phenoxy) is 2. The highest BCUT2D eigenvalue weighted by molar-refractivity contribution is 5.26. The number of rotatable bonds is 4. The molecule has 0 aliphatic heterocycles. The monoisotopic (exact) mass is 188 g/mol. The lowest BCUT2D eigenvalue weighted by Crippen LogP contribution is -1.96. The van der Waals surface area contributed by atoms with E-state index < -0.39 is 0 Å². The molecule has 1 aromatic rings. The number of nitriles is 2. The third kappa shape index (κ3) is 2.69. The molecule has 0 unspecified atom stereocenters. The molecule has 0 N–H and O–H groups in total. The van der Waals surface area contributed by atoms with E-state index in [9.17, 15) is 0 Å². The Labute approximate surface area is 81.9 Å². The van der Waals surface area contributed by atoms with Crippen molar-refractivity contribution in [3.63, 3.8) is 0 Å². The maximum atomic E-state index is 8.24. The van der Waals surface area contributed by atoms with Crippen molar-refractivity contribution >= 4 is 0 Å². The molecule has 0 aromatic heterocycles. The lowest BCUT2D eigenvalue weighted by Gasteiger charge is -2.05. The van der Waals surface area contributed by atoms with Crippen LogP contribution in [-0.4, -0.2) is 0 Å². The zero-order valence-electron chi connectivity index (χ0n) is 7.43. The Morgan fingerprint density at radius 1 is 0.929 bits per heavy atom. The summed E-state index contributed by atoms with van der Waals surface area (Å²) in [7, 11) is 0. The second-order valence-corrected chi connectivity index (χ2v) is 2.53. The van der Waals surface area contributed by atoms with Crippen molar-refractivity contribution < 1.29 is 9.47 Å². The quantitative estimate of drug-likeness (QED) is 0.674. The van der Waals surface area contributed by atoms with Gasteiger partial charge in [0.1, 0.15) is 13.2 Å². The molecule has 1 aromatic carbocycles. The van der Waals surface area contributed by atoms with Crippen LogP contribution in [0.5, 0.6) is 0 Å². The number of hydrogen-bond donors (Lipinski definition) is 0. The van der Waals surface area contributed by atoms with Gasteiger partial charge < -0.3 is 9.47 Å². The fourth-order valence-corrected chi connectivity index (χ4v) is 1.06. The van der Waals surface area contributed by atoms with Crippen molar-refractivity contribution in [1.82, 2.24) is 0 Å². The van der Waals surface area contributed by atoms with E-state index in [0.717, 1.165) is 11.1 Å². The van der Waals surface area contributed by atoms with Crippen LogP contribution in [0.4, 0.5) is 0 Å². The summed E-state index contributed by atoms with van der Waals surface area (Å²) in [6, 6.07) is 7.33. The fourth-order valence-electron chi connectivity index (χ4n) is 1.06. The van der Waals surface area contributed by atoms with Crippen molar-refractivity contribution in [3.8, 4) is 12.5 Å². The minimum absolute atomic E-state index is 0.210. The average Bonchev–Trinajstić information content (AvgIpc) is 2.24. The van der Waals surface area contributed by atoms with Gasteiger partial charge in [-0.15, -0.1) is 0 Å². The first-order valence-electron chi connectivity index (χ1n) is 3.97. The van der Waals surface area contributed by atoms with Gasteiger partial charge in [0.2, 0.25) is 0 Å². The maximum Gasteiger partial charge on any atom is 0.286 e. The highest BCUT2D eigenvalue weighted by Gasteiger charge is 2.01. The molecular formula is C10H8N2O2. The van der Waals surface area contributed by atoms with Crippen LogP contribution in [0, 0.1) is 23.0 Å². The normalized spacial score (nSPS) is 8.43. The molecule has 0 amide bonds. The van der Waals surface area contributed by atoms with Crippen LogP contribution in [0.1, 0.15) is 11.1 Å². The van der Waals surface area contributed by atoms with Gasteiger partial charge in [-0.2, -0.15) is 10.5 Å². The van der Waals surface area contributed by atoms with E-state index in [1.807, 2.05) is 24.3 Å². The molecule has 0 radical (unpaired) electrons. The van der Waals surface area contributed by atoms with Crippen LogP contribution in [0.25, 0.3) is 0 Å². The van der Waals surface area contributed by atoms with Gasteiger partial charge in [-0.05, 0) is 11.1 Å². The van der Waals surface area contributed by atoms with E-state index in [1.165, 1.54) is 0 Å². The Morgan fingerprint density at radius 2 is 1.36 bits per heavy atom. The minimum atomic E-state index is 0.210. The van der Waals surface area contributed by atoms with Crippen molar-refractivity contribution in [1.29, 1.82) is 10.5 Å². The van der Waals surface area contributed by atoms with E-state index in [4.69, 9.17) is 10.5 Å². The van der Waals surface area contributed by atoms with E-state index in [-0.39, 0.29) is 13.2 Å². The molecule has 0 atom stereocenters. The number of nitrogens with zero attached hydrogens (tertiary/aromatic N) is 2. The van der Waals surface area contributed by atoms with E-state index in [2.05, 4.69) is 9.47 Å². The topological polar surface area (TPSA) is 66.0 Å². The average molecular weight is 188 g/mol. The summed E-state index contributed by atoms with van der Waals surface area (Å²) in [5, 5.41) is 16.5. The van der Waals surface area contributed by atoms with Gasteiger partial charge in [-0.3, -0.25) is 0 Å². The molecule has 0 fully saturated rings. The van der Waals surface area contributed by atoms with Crippen LogP contribution in [0.3, 0.4) is 0 Å². The maximum absolute atomic E-state index is 8.24. The molecule has 0 saturated heterocycles. The second-order valence-electron chi connectivity index (χ2n) is 2.53. The Bertz CT molecular complexity index is 339. The molecule has 14 heavy (non-hydrogen) atoms. The molecule has 70 valence electrons. The summed E-state index contributed by atoms with van der Waals surface area (Å²) in [6.45, 7) is 0.420. The summed E-state index contributed by atoms with van der Waals surface area (Å²) in [6.07, 6.45) is 3.19. The third-order valence-electron chi connectivity index (χ3n) is 1.70. The van der Waals surface area contributed by atoms with Gasteiger partial charge in [-0.25, -0.2) is 0 Å². The van der Waals surface area contributed by atoms with Gasteiger partial charge in [-0.1, -0.05) is 24.3 Å². The third-order valence-corrected chi connectivity index (χ3v) is 1.70. The van der Waals surface area contributed by atoms with Crippen LogP contribution in [0.15, 0.2) is 24.3 Å². The van der Waals surface area contributed by atoms with E-state index in [1.54, 1.807) is 12.5 Å². The smallest absolute Gasteiger partial charge is 0.286 e. The summed E-state index contributed by atoms with van der Waals surface area (Å²) < 4.78 is 9.21. The molecule has 0 spiro atoms. The van der Waals surface area contributed by atoms with Gasteiger partial charge >= 0.3 is 0 Å². The highest BCUT2D eigenvalue weighted by Crippen LogP contribution is 2.10. The first-order chi connectivity index (χ1) is 6.88. The highest BCUT2D eigenvalue weighted by atomic mass is 16.5. The largest absolute Gasteiger partial charge is 0.423 e. The van der Waals surface area contributed by atoms with Crippen LogP contribution in [0.2, 0.25) is 0 Å². The molecule has 0 aliphatic rings. The number of benzene rings is 1. The minimum Gasteiger partial charge on any atom is -0.423 e. The molecular weight excluding hydrogens is 180 g/mol. The molecule has 0 saturated carbocycles. The van der Waals surface area contributed by atoms with Crippen molar-refractivity contribution in [2.24, 2.45) is 0 Å². The lowest BCUT2D eigenvalue weighted by molar-refractivity contribution is 0.238. The van der Waals surface area contributed by atoms with Gasteiger partial charge in [0.05, 0.1) is 0 Å². The van der Waals surface area contributed by atoms with E-state index in [0.29, 0.717) is 0 Å². The summed E-state index contributed by atoms with van der Waals surface area (Å²) in [5.41, 5.74) is 1.70. The first-order valence-corrected chi connectivity index (χ1v) is 3.97. The van der Waals surface area contributed by atoms with Crippen molar-refractivity contribution in [3.05, 3.63) is 35.4 Å². The summed E-state index contributed by atoms with van der Waals surface area (Å²) in [4.78, 5) is 0.